The number of thioether (sulfide) groups is 1. The van der Waals surface area contributed by atoms with Gasteiger partial charge in [-0.3, -0.25) is 4.79 Å². The van der Waals surface area contributed by atoms with Crippen LogP contribution in [0, 0.1) is 0 Å². The Kier molecular flexibility index (Phi) is 4.32. The van der Waals surface area contributed by atoms with E-state index in [4.69, 9.17) is 5.11 Å². The van der Waals surface area contributed by atoms with E-state index in [0.717, 1.165) is 12.8 Å². The van der Waals surface area contributed by atoms with Crippen LogP contribution in [0.1, 0.15) is 30.4 Å². The van der Waals surface area contributed by atoms with E-state index >= 15 is 0 Å². The summed E-state index contributed by atoms with van der Waals surface area (Å²) in [5.74, 6) is 0.641. The molecular weight excluding hydrogens is 270 g/mol. The molecule has 0 spiro atoms. The fourth-order valence-corrected chi connectivity index (χ4v) is 3.72. The molecule has 3 rings (SSSR count). The smallest absolute Gasteiger partial charge is 0.233 e. The predicted molar refractivity (Wildman–Crippen MR) is 81.0 cm³/mol. The zero-order valence-corrected chi connectivity index (χ0v) is 12.5. The summed E-state index contributed by atoms with van der Waals surface area (Å²) < 4.78 is 0. The summed E-state index contributed by atoms with van der Waals surface area (Å²) >= 11 is 1.62. The van der Waals surface area contributed by atoms with Crippen molar-refractivity contribution in [3.8, 4) is 0 Å². The molecule has 1 amide bonds. The van der Waals surface area contributed by atoms with Gasteiger partial charge in [-0.1, -0.05) is 6.07 Å². The highest BCUT2D eigenvalue weighted by Crippen LogP contribution is 2.30. The first kappa shape index (κ1) is 14.0. The first-order valence-corrected chi connectivity index (χ1v) is 8.41. The summed E-state index contributed by atoms with van der Waals surface area (Å²) in [6, 6.07) is 6.97. The number of hydrogen-bond donors (Lipinski definition) is 1. The van der Waals surface area contributed by atoms with Crippen molar-refractivity contribution in [3.63, 3.8) is 0 Å². The Bertz CT molecular complexity index is 499. The molecule has 2 aliphatic rings. The number of aryl methyl sites for hydroxylation is 2. The van der Waals surface area contributed by atoms with Crippen molar-refractivity contribution >= 4 is 17.7 Å². The van der Waals surface area contributed by atoms with E-state index in [1.807, 2.05) is 4.90 Å². The molecule has 0 atom stereocenters. The number of nitrogens with zero attached hydrogens (tertiary/aromatic N) is 1. The minimum atomic E-state index is 0.0613. The molecule has 0 saturated heterocycles. The van der Waals surface area contributed by atoms with E-state index in [-0.39, 0.29) is 12.5 Å². The van der Waals surface area contributed by atoms with Crippen LogP contribution in [0.5, 0.6) is 0 Å². The summed E-state index contributed by atoms with van der Waals surface area (Å²) in [5.41, 5.74) is 2.93. The monoisotopic (exact) mass is 291 g/mol. The maximum Gasteiger partial charge on any atom is 0.233 e. The number of aliphatic hydroxyl groups excluding tert-OH is 1. The van der Waals surface area contributed by atoms with E-state index in [1.54, 1.807) is 11.8 Å². The predicted octanol–water partition coefficient (Wildman–Crippen LogP) is 2.25. The number of hydrogen-bond acceptors (Lipinski definition) is 3. The van der Waals surface area contributed by atoms with Crippen LogP contribution in [0.4, 0.5) is 0 Å². The van der Waals surface area contributed by atoms with Crippen LogP contribution in [-0.4, -0.2) is 40.9 Å². The van der Waals surface area contributed by atoms with Crippen LogP contribution in [-0.2, 0) is 17.6 Å². The second kappa shape index (κ2) is 6.19. The third-order valence-corrected chi connectivity index (χ3v) is 5.06. The molecule has 2 aliphatic carbocycles. The molecule has 1 aromatic rings. The zero-order chi connectivity index (χ0) is 13.9. The highest BCUT2D eigenvalue weighted by molar-refractivity contribution is 8.00. The minimum absolute atomic E-state index is 0.0613. The van der Waals surface area contributed by atoms with Gasteiger partial charge >= 0.3 is 0 Å². The van der Waals surface area contributed by atoms with Crippen molar-refractivity contribution < 1.29 is 9.90 Å². The molecule has 1 fully saturated rings. The number of benzene rings is 1. The zero-order valence-electron chi connectivity index (χ0n) is 11.7. The Morgan fingerprint density at radius 2 is 2.10 bits per heavy atom. The number of fused-ring (bicyclic) bond motifs is 1. The summed E-state index contributed by atoms with van der Waals surface area (Å²) in [5, 5.41) is 9.05. The van der Waals surface area contributed by atoms with E-state index in [0.29, 0.717) is 18.3 Å². The fourth-order valence-electron chi connectivity index (χ4n) is 2.87. The van der Waals surface area contributed by atoms with Gasteiger partial charge in [-0.25, -0.2) is 0 Å². The van der Waals surface area contributed by atoms with Crippen LogP contribution in [0.2, 0.25) is 0 Å². The molecule has 20 heavy (non-hydrogen) atoms. The molecule has 4 heteroatoms. The molecule has 0 radical (unpaired) electrons. The van der Waals surface area contributed by atoms with Crippen LogP contribution in [0.3, 0.4) is 0 Å². The van der Waals surface area contributed by atoms with Crippen LogP contribution < -0.4 is 0 Å². The molecule has 0 unspecified atom stereocenters. The van der Waals surface area contributed by atoms with Gasteiger partial charge in [-0.15, -0.1) is 11.8 Å². The van der Waals surface area contributed by atoms with E-state index < -0.39 is 0 Å². The van der Waals surface area contributed by atoms with Crippen LogP contribution in [0.25, 0.3) is 0 Å². The minimum Gasteiger partial charge on any atom is -0.395 e. The highest BCUT2D eigenvalue weighted by atomic mass is 32.2. The molecule has 1 aromatic carbocycles. The summed E-state index contributed by atoms with van der Waals surface area (Å²) in [4.78, 5) is 15.3. The first-order chi connectivity index (χ1) is 9.78. The second-order valence-electron chi connectivity index (χ2n) is 5.61. The van der Waals surface area contributed by atoms with Gasteiger partial charge in [0.1, 0.15) is 0 Å². The van der Waals surface area contributed by atoms with Gasteiger partial charge in [0.15, 0.2) is 0 Å². The quantitative estimate of drug-likeness (QED) is 0.817. The fraction of sp³-hybridized carbons (Fsp3) is 0.562. The van der Waals surface area contributed by atoms with E-state index in [2.05, 4.69) is 18.2 Å². The van der Waals surface area contributed by atoms with Crippen molar-refractivity contribution in [1.29, 1.82) is 0 Å². The van der Waals surface area contributed by atoms with Crippen molar-refractivity contribution in [2.24, 2.45) is 0 Å². The van der Waals surface area contributed by atoms with Gasteiger partial charge in [-0.2, -0.15) is 0 Å². The van der Waals surface area contributed by atoms with Gasteiger partial charge in [0.05, 0.1) is 12.4 Å². The molecule has 0 heterocycles. The second-order valence-corrected chi connectivity index (χ2v) is 6.66. The Morgan fingerprint density at radius 3 is 2.85 bits per heavy atom. The average molecular weight is 291 g/mol. The number of aliphatic hydroxyl groups is 1. The van der Waals surface area contributed by atoms with E-state index in [1.165, 1.54) is 35.3 Å². The van der Waals surface area contributed by atoms with Gasteiger partial charge in [0.25, 0.3) is 0 Å². The number of carbonyl (C=O) groups is 1. The molecular formula is C16H21NO2S. The number of rotatable bonds is 6. The SMILES string of the molecule is O=C(CSc1ccc2c(c1)CCC2)N(CCO)C1CC1. The lowest BCUT2D eigenvalue weighted by Gasteiger charge is -2.21. The molecule has 3 nitrogen and oxygen atoms in total. The molecule has 108 valence electrons. The lowest BCUT2D eigenvalue weighted by molar-refractivity contribution is -0.129. The maximum atomic E-state index is 12.2. The van der Waals surface area contributed by atoms with Gasteiger partial charge in [0, 0.05) is 17.5 Å². The normalized spacial score (nSPS) is 17.1. The van der Waals surface area contributed by atoms with Crippen molar-refractivity contribution in [3.05, 3.63) is 29.3 Å². The summed E-state index contributed by atoms with van der Waals surface area (Å²) in [6.45, 7) is 0.542. The number of carbonyl (C=O) groups excluding carboxylic acids is 1. The van der Waals surface area contributed by atoms with Crippen molar-refractivity contribution in [2.75, 3.05) is 18.9 Å². The first-order valence-electron chi connectivity index (χ1n) is 7.43. The van der Waals surface area contributed by atoms with Crippen LogP contribution >= 0.6 is 11.8 Å². The van der Waals surface area contributed by atoms with Gasteiger partial charge < -0.3 is 10.0 Å². The molecule has 0 bridgehead atoms. The topological polar surface area (TPSA) is 40.5 Å². The third kappa shape index (κ3) is 3.18. The standard InChI is InChI=1S/C16H21NO2S/c18-9-8-17(14-5-6-14)16(19)11-20-15-7-4-12-2-1-3-13(12)10-15/h4,7,10,14,18H,1-3,5-6,8-9,11H2. The Hall–Kier alpha value is -1.00. The Balaban J connectivity index is 1.57. The molecule has 0 aliphatic heterocycles. The maximum absolute atomic E-state index is 12.2. The van der Waals surface area contributed by atoms with Gasteiger partial charge in [0.2, 0.25) is 5.91 Å². The molecule has 0 aromatic heterocycles. The van der Waals surface area contributed by atoms with Crippen molar-refractivity contribution in [1.82, 2.24) is 4.90 Å². The highest BCUT2D eigenvalue weighted by Gasteiger charge is 2.31. The number of amides is 1. The lowest BCUT2D eigenvalue weighted by atomic mass is 10.1. The largest absolute Gasteiger partial charge is 0.395 e. The molecule has 1 saturated carbocycles. The molecule has 1 N–H and O–H groups in total. The summed E-state index contributed by atoms with van der Waals surface area (Å²) in [6.07, 6.45) is 5.82. The average Bonchev–Trinajstić information content (AvgIpc) is 3.19. The van der Waals surface area contributed by atoms with E-state index in [9.17, 15) is 4.79 Å². The third-order valence-electron chi connectivity index (χ3n) is 4.08. The van der Waals surface area contributed by atoms with Gasteiger partial charge in [-0.05, 0) is 55.4 Å². The Labute approximate surface area is 124 Å². The lowest BCUT2D eigenvalue weighted by Crippen LogP contribution is -2.36. The van der Waals surface area contributed by atoms with Crippen LogP contribution in [0.15, 0.2) is 23.1 Å². The summed E-state index contributed by atoms with van der Waals surface area (Å²) in [7, 11) is 0. The van der Waals surface area contributed by atoms with Crippen molar-refractivity contribution in [2.45, 2.75) is 43.0 Å². The Morgan fingerprint density at radius 1 is 1.30 bits per heavy atom.